The Bertz CT molecular complexity index is 900. The number of phenols is 1. The smallest absolute Gasteiger partial charge is 0.319 e. The van der Waals surface area contributed by atoms with Gasteiger partial charge in [-0.15, -0.1) is 0 Å². The summed E-state index contributed by atoms with van der Waals surface area (Å²) in [4.78, 5) is 11.8. The number of aromatic hydroxyl groups is 1. The predicted molar refractivity (Wildman–Crippen MR) is 107 cm³/mol. The summed E-state index contributed by atoms with van der Waals surface area (Å²) >= 11 is 6.09. The number of carbonyl (C=O) groups is 1. The number of allylic oxidation sites excluding steroid dienone is 1. The third-order valence-corrected chi connectivity index (χ3v) is 8.22. The van der Waals surface area contributed by atoms with Crippen molar-refractivity contribution in [3.63, 3.8) is 0 Å². The van der Waals surface area contributed by atoms with E-state index in [0.717, 1.165) is 24.8 Å². The van der Waals surface area contributed by atoms with Gasteiger partial charge in [-0.1, -0.05) is 36.1 Å². The molecular weight excluding hydrogens is 404 g/mol. The van der Waals surface area contributed by atoms with Crippen LogP contribution in [-0.4, -0.2) is 42.1 Å². The number of rotatable bonds is 4. The zero-order chi connectivity index (χ0) is 20.5. The number of nitrogens with one attached hydrogen (secondary N) is 2. The van der Waals surface area contributed by atoms with Gasteiger partial charge in [-0.3, -0.25) is 0 Å². The fraction of sp³-hybridized carbons (Fsp3) is 0.526. The van der Waals surface area contributed by atoms with Crippen LogP contribution in [0.25, 0.3) is 0 Å². The molecule has 2 aliphatic rings. The molecule has 1 fully saturated rings. The number of benzene rings is 1. The second kappa shape index (κ2) is 8.31. The molecule has 2 aliphatic carbocycles. The molecule has 0 heterocycles. The summed E-state index contributed by atoms with van der Waals surface area (Å²) in [7, 11) is -4.07. The van der Waals surface area contributed by atoms with Gasteiger partial charge in [0.25, 0.3) is 0 Å². The summed E-state index contributed by atoms with van der Waals surface area (Å²) in [5, 5.41) is 24.9. The Kier molecular flexibility index (Phi) is 6.21. The van der Waals surface area contributed by atoms with Crippen molar-refractivity contribution in [1.82, 2.24) is 5.32 Å². The molecule has 7 nitrogen and oxygen atoms in total. The van der Waals surface area contributed by atoms with Gasteiger partial charge in [0.2, 0.25) is 0 Å². The molecular formula is C19H25ClN2O5S. The first-order valence-electron chi connectivity index (χ1n) is 9.39. The Morgan fingerprint density at radius 1 is 1.21 bits per heavy atom. The second-order valence-corrected chi connectivity index (χ2v) is 9.90. The lowest BCUT2D eigenvalue weighted by atomic mass is 9.97. The minimum atomic E-state index is -4.07. The summed E-state index contributed by atoms with van der Waals surface area (Å²) < 4.78 is 26.1. The molecule has 1 saturated carbocycles. The lowest BCUT2D eigenvalue weighted by molar-refractivity contribution is 0.133. The highest BCUT2D eigenvalue weighted by Gasteiger charge is 2.39. The summed E-state index contributed by atoms with van der Waals surface area (Å²) in [5.74, 6) is -0.612. The van der Waals surface area contributed by atoms with Gasteiger partial charge in [0, 0.05) is 0 Å². The molecule has 0 aliphatic heterocycles. The van der Waals surface area contributed by atoms with E-state index >= 15 is 0 Å². The second-order valence-electron chi connectivity index (χ2n) is 7.38. The summed E-state index contributed by atoms with van der Waals surface area (Å²) in [6.45, 7) is 1.93. The first-order valence-corrected chi connectivity index (χ1v) is 11.3. The van der Waals surface area contributed by atoms with Crippen LogP contribution in [0.15, 0.2) is 28.7 Å². The number of amides is 2. The molecule has 0 radical (unpaired) electrons. The number of hydrogen-bond acceptors (Lipinski definition) is 5. The average Bonchev–Trinajstić information content (AvgIpc) is 3.02. The third kappa shape index (κ3) is 4.14. The molecule has 154 valence electrons. The number of aliphatic hydroxyl groups is 1. The van der Waals surface area contributed by atoms with Crippen LogP contribution in [0, 0.1) is 0 Å². The molecule has 0 unspecified atom stereocenters. The molecule has 0 spiro atoms. The van der Waals surface area contributed by atoms with Gasteiger partial charge in [0.15, 0.2) is 15.6 Å². The number of aliphatic hydroxyl groups excluding tert-OH is 1. The monoisotopic (exact) mass is 428 g/mol. The van der Waals surface area contributed by atoms with Gasteiger partial charge < -0.3 is 20.8 Å². The Labute approximate surface area is 169 Å². The maximum absolute atomic E-state index is 13.1. The van der Waals surface area contributed by atoms with E-state index in [9.17, 15) is 23.4 Å². The fourth-order valence-electron chi connectivity index (χ4n) is 3.86. The maximum atomic E-state index is 13.1. The fourth-order valence-corrected chi connectivity index (χ4v) is 6.38. The van der Waals surface area contributed by atoms with Gasteiger partial charge in [-0.05, 0) is 44.7 Å². The van der Waals surface area contributed by atoms with E-state index in [1.54, 1.807) is 0 Å². The first kappa shape index (κ1) is 21.0. The SMILES string of the molecule is CC1=CCC[C@H]1NC(=O)Nc1ccc(Cl)c(S(=O)(=O)[C@@H]2CCCC[C@H]2O)c1O. The highest BCUT2D eigenvalue weighted by molar-refractivity contribution is 7.92. The van der Waals surface area contributed by atoms with Crippen LogP contribution in [0.3, 0.4) is 0 Å². The number of anilines is 1. The van der Waals surface area contributed by atoms with E-state index in [4.69, 9.17) is 11.6 Å². The van der Waals surface area contributed by atoms with Gasteiger partial charge in [0.05, 0.1) is 28.1 Å². The van der Waals surface area contributed by atoms with Crippen LogP contribution in [-0.2, 0) is 9.84 Å². The molecule has 28 heavy (non-hydrogen) atoms. The topological polar surface area (TPSA) is 116 Å². The third-order valence-electron chi connectivity index (χ3n) is 5.46. The van der Waals surface area contributed by atoms with Crippen LogP contribution >= 0.6 is 11.6 Å². The number of carbonyl (C=O) groups excluding carboxylic acids is 1. The molecule has 9 heteroatoms. The number of sulfone groups is 1. The molecule has 0 saturated heterocycles. The van der Waals surface area contributed by atoms with Crippen LogP contribution < -0.4 is 10.6 Å². The summed E-state index contributed by atoms with van der Waals surface area (Å²) in [6.07, 6.45) is 4.83. The van der Waals surface area contributed by atoms with E-state index in [2.05, 4.69) is 10.6 Å². The van der Waals surface area contributed by atoms with Crippen LogP contribution in [0.4, 0.5) is 10.5 Å². The van der Waals surface area contributed by atoms with E-state index in [1.165, 1.54) is 12.1 Å². The van der Waals surface area contributed by atoms with Crippen molar-refractivity contribution < 1.29 is 23.4 Å². The number of phenolic OH excluding ortho intramolecular Hbond substituents is 1. The van der Waals surface area contributed by atoms with E-state index in [-0.39, 0.29) is 16.8 Å². The Morgan fingerprint density at radius 3 is 2.57 bits per heavy atom. The molecule has 3 atom stereocenters. The van der Waals surface area contributed by atoms with Crippen molar-refractivity contribution >= 4 is 33.2 Å². The molecule has 3 rings (SSSR count). The molecule has 0 aromatic heterocycles. The summed E-state index contributed by atoms with van der Waals surface area (Å²) in [5.41, 5.74) is 1.01. The molecule has 1 aromatic rings. The van der Waals surface area contributed by atoms with Crippen LogP contribution in [0.1, 0.15) is 45.4 Å². The number of halogens is 1. The quantitative estimate of drug-likeness (QED) is 0.433. The molecule has 1 aromatic carbocycles. The van der Waals surface area contributed by atoms with Crippen LogP contribution in [0.5, 0.6) is 5.75 Å². The van der Waals surface area contributed by atoms with Crippen molar-refractivity contribution in [3.8, 4) is 5.75 Å². The van der Waals surface area contributed by atoms with Gasteiger partial charge >= 0.3 is 6.03 Å². The van der Waals surface area contributed by atoms with Crippen molar-refractivity contribution in [1.29, 1.82) is 0 Å². The average molecular weight is 429 g/mol. The largest absolute Gasteiger partial charge is 0.504 e. The highest BCUT2D eigenvalue weighted by atomic mass is 35.5. The Balaban J connectivity index is 1.85. The minimum absolute atomic E-state index is 0.0506. The molecule has 0 bridgehead atoms. The Morgan fingerprint density at radius 2 is 1.93 bits per heavy atom. The zero-order valence-electron chi connectivity index (χ0n) is 15.6. The molecule has 2 amide bonds. The summed E-state index contributed by atoms with van der Waals surface area (Å²) in [6, 6.07) is 2.04. The highest BCUT2D eigenvalue weighted by Crippen LogP contribution is 2.41. The van der Waals surface area contributed by atoms with Gasteiger partial charge in [0.1, 0.15) is 4.90 Å². The number of hydrogen-bond donors (Lipinski definition) is 4. The predicted octanol–water partition coefficient (Wildman–Crippen LogP) is 3.35. The Hall–Kier alpha value is -1.77. The molecule has 4 N–H and O–H groups in total. The zero-order valence-corrected chi connectivity index (χ0v) is 17.2. The van der Waals surface area contributed by atoms with Gasteiger partial charge in [-0.25, -0.2) is 13.2 Å². The lowest BCUT2D eigenvalue weighted by Crippen LogP contribution is -2.38. The van der Waals surface area contributed by atoms with Gasteiger partial charge in [-0.2, -0.15) is 0 Å². The van der Waals surface area contributed by atoms with E-state index < -0.39 is 37.9 Å². The van der Waals surface area contributed by atoms with Crippen LogP contribution in [0.2, 0.25) is 5.02 Å². The number of urea groups is 1. The van der Waals surface area contributed by atoms with Crippen molar-refractivity contribution in [2.75, 3.05) is 5.32 Å². The van der Waals surface area contributed by atoms with Crippen molar-refractivity contribution in [3.05, 3.63) is 28.8 Å². The van der Waals surface area contributed by atoms with Crippen molar-refractivity contribution in [2.24, 2.45) is 0 Å². The standard InChI is InChI=1S/C19H25ClN2O5S/c1-11-5-4-6-13(11)21-19(25)22-14-10-9-12(20)18(17(14)24)28(26,27)16-8-3-2-7-15(16)23/h5,9-10,13,15-16,23-24H,2-4,6-8H2,1H3,(H2,21,22,25)/t13-,15-,16-/m1/s1. The minimum Gasteiger partial charge on any atom is -0.504 e. The maximum Gasteiger partial charge on any atom is 0.319 e. The normalized spacial score (nSPS) is 25.2. The van der Waals surface area contributed by atoms with Crippen molar-refractivity contribution in [2.45, 2.75) is 67.7 Å². The first-order chi connectivity index (χ1) is 13.2. The lowest BCUT2D eigenvalue weighted by Gasteiger charge is -2.28. The van der Waals surface area contributed by atoms with E-state index in [1.807, 2.05) is 13.0 Å². The van der Waals surface area contributed by atoms with E-state index in [0.29, 0.717) is 19.3 Å².